The van der Waals surface area contributed by atoms with Gasteiger partial charge in [0.2, 0.25) is 0 Å². The minimum Gasteiger partial charge on any atom is -0.359 e. The van der Waals surface area contributed by atoms with Crippen molar-refractivity contribution in [2.45, 2.75) is 6.18 Å². The lowest BCUT2D eigenvalue weighted by Crippen LogP contribution is -2.15. The number of nitrogens with zero attached hydrogens (tertiary/aromatic N) is 2. The SMILES string of the molecule is Cn1ccc(-c2cc(C(=O)Nc3c(-c4ccccc4)ccc4cc[nH]c34)ccc2C(F)(F)F)n1. The number of fused-ring (bicyclic) bond motifs is 1. The highest BCUT2D eigenvalue weighted by molar-refractivity contribution is 6.12. The van der Waals surface area contributed by atoms with Crippen molar-refractivity contribution in [3.8, 4) is 22.4 Å². The predicted molar refractivity (Wildman–Crippen MR) is 125 cm³/mol. The quantitative estimate of drug-likeness (QED) is 0.321. The Kier molecular flexibility index (Phi) is 5.20. The molecule has 0 saturated heterocycles. The van der Waals surface area contributed by atoms with E-state index in [4.69, 9.17) is 0 Å². The van der Waals surface area contributed by atoms with Crippen molar-refractivity contribution in [3.05, 3.63) is 96.3 Å². The summed E-state index contributed by atoms with van der Waals surface area (Å²) in [6, 6.07) is 20.1. The zero-order chi connectivity index (χ0) is 23.9. The number of nitrogens with one attached hydrogen (secondary N) is 2. The van der Waals surface area contributed by atoms with Gasteiger partial charge in [-0.3, -0.25) is 9.48 Å². The van der Waals surface area contributed by atoms with Crippen LogP contribution < -0.4 is 5.32 Å². The molecule has 0 unspecified atom stereocenters. The second-order valence-corrected chi connectivity index (χ2v) is 7.88. The molecular formula is C26H19F3N4O. The average molecular weight is 460 g/mol. The standard InChI is InChI=1S/C26H19F3N4O/c1-33-14-12-22(32-33)20-15-18(8-10-21(20)26(27,28)29)25(34)31-24-19(16-5-3-2-4-6-16)9-7-17-11-13-30-23(17)24/h2-15,30H,1H3,(H,31,34). The zero-order valence-electron chi connectivity index (χ0n) is 18.0. The molecule has 8 heteroatoms. The Morgan fingerprint density at radius 2 is 1.76 bits per heavy atom. The normalized spacial score (nSPS) is 11.6. The number of carbonyl (C=O) groups is 1. The zero-order valence-corrected chi connectivity index (χ0v) is 18.0. The molecule has 0 aliphatic rings. The molecule has 5 rings (SSSR count). The van der Waals surface area contributed by atoms with Crippen LogP contribution in [0.4, 0.5) is 18.9 Å². The number of carbonyl (C=O) groups excluding carboxylic acids is 1. The van der Waals surface area contributed by atoms with Gasteiger partial charge in [-0.15, -0.1) is 0 Å². The minimum atomic E-state index is -4.59. The molecule has 170 valence electrons. The van der Waals surface area contributed by atoms with Crippen LogP contribution in [0.1, 0.15) is 15.9 Å². The Morgan fingerprint density at radius 3 is 2.47 bits per heavy atom. The molecule has 0 atom stereocenters. The Labute approximate surface area is 192 Å². The summed E-state index contributed by atoms with van der Waals surface area (Å²) in [5.74, 6) is -0.523. The molecule has 2 N–H and O–H groups in total. The maximum absolute atomic E-state index is 13.7. The molecule has 0 aliphatic carbocycles. The molecule has 2 aromatic heterocycles. The number of alkyl halides is 3. The van der Waals surface area contributed by atoms with Crippen LogP contribution in [-0.2, 0) is 13.2 Å². The maximum Gasteiger partial charge on any atom is 0.417 e. The molecule has 5 nitrogen and oxygen atoms in total. The van der Waals surface area contributed by atoms with Gasteiger partial charge in [-0.2, -0.15) is 18.3 Å². The van der Waals surface area contributed by atoms with E-state index in [2.05, 4.69) is 15.4 Å². The molecular weight excluding hydrogens is 441 g/mol. The van der Waals surface area contributed by atoms with E-state index in [1.165, 1.54) is 22.9 Å². The van der Waals surface area contributed by atoms with Crippen molar-refractivity contribution in [2.24, 2.45) is 7.05 Å². The summed E-state index contributed by atoms with van der Waals surface area (Å²) in [5.41, 5.74) is 2.21. The maximum atomic E-state index is 13.7. The van der Waals surface area contributed by atoms with Crippen molar-refractivity contribution in [1.29, 1.82) is 0 Å². The van der Waals surface area contributed by atoms with Crippen molar-refractivity contribution >= 4 is 22.5 Å². The number of anilines is 1. The van der Waals surface area contributed by atoms with Gasteiger partial charge >= 0.3 is 6.18 Å². The van der Waals surface area contributed by atoms with Crippen LogP contribution in [-0.4, -0.2) is 20.7 Å². The second-order valence-electron chi connectivity index (χ2n) is 7.88. The van der Waals surface area contributed by atoms with Gasteiger partial charge in [0.05, 0.1) is 22.5 Å². The number of aromatic nitrogens is 3. The third-order valence-electron chi connectivity index (χ3n) is 5.63. The highest BCUT2D eigenvalue weighted by Crippen LogP contribution is 2.38. The third-order valence-corrected chi connectivity index (χ3v) is 5.63. The van der Waals surface area contributed by atoms with E-state index in [1.807, 2.05) is 48.5 Å². The molecule has 0 saturated carbocycles. The summed E-state index contributed by atoms with van der Waals surface area (Å²) in [5, 5.41) is 7.93. The average Bonchev–Trinajstić information content (AvgIpc) is 3.48. The van der Waals surface area contributed by atoms with Gasteiger partial charge in [0.15, 0.2) is 0 Å². The van der Waals surface area contributed by atoms with Crippen LogP contribution in [0.25, 0.3) is 33.3 Å². The molecule has 3 aromatic carbocycles. The summed E-state index contributed by atoms with van der Waals surface area (Å²) in [7, 11) is 1.62. The molecule has 0 aliphatic heterocycles. The van der Waals surface area contributed by atoms with E-state index in [1.54, 1.807) is 19.4 Å². The number of amides is 1. The first kappa shape index (κ1) is 21.5. The molecule has 1 amide bonds. The Balaban J connectivity index is 1.59. The Bertz CT molecular complexity index is 1500. The van der Waals surface area contributed by atoms with Crippen LogP contribution >= 0.6 is 0 Å². The summed E-state index contributed by atoms with van der Waals surface area (Å²) in [6.07, 6.45) is -1.26. The van der Waals surface area contributed by atoms with Crippen LogP contribution in [0.5, 0.6) is 0 Å². The van der Waals surface area contributed by atoms with Crippen molar-refractivity contribution in [2.75, 3.05) is 5.32 Å². The van der Waals surface area contributed by atoms with Gasteiger partial charge in [-0.1, -0.05) is 42.5 Å². The number of hydrogen-bond donors (Lipinski definition) is 2. The Hall–Kier alpha value is -4.33. The number of rotatable bonds is 4. The second kappa shape index (κ2) is 8.22. The number of hydrogen-bond acceptors (Lipinski definition) is 2. The lowest BCUT2D eigenvalue weighted by atomic mass is 9.99. The highest BCUT2D eigenvalue weighted by atomic mass is 19.4. The van der Waals surface area contributed by atoms with Crippen LogP contribution in [0, 0.1) is 0 Å². The monoisotopic (exact) mass is 460 g/mol. The van der Waals surface area contributed by atoms with Crippen LogP contribution in [0.2, 0.25) is 0 Å². The first-order valence-corrected chi connectivity index (χ1v) is 10.5. The van der Waals surface area contributed by atoms with Crippen LogP contribution in [0.3, 0.4) is 0 Å². The van der Waals surface area contributed by atoms with Gasteiger partial charge in [0.25, 0.3) is 5.91 Å². The molecule has 0 spiro atoms. The summed E-state index contributed by atoms with van der Waals surface area (Å²) in [4.78, 5) is 16.4. The fourth-order valence-electron chi connectivity index (χ4n) is 4.01. The van der Waals surface area contributed by atoms with E-state index in [-0.39, 0.29) is 16.8 Å². The molecule has 34 heavy (non-hydrogen) atoms. The van der Waals surface area contributed by atoms with E-state index >= 15 is 0 Å². The fraction of sp³-hybridized carbons (Fsp3) is 0.0769. The number of aryl methyl sites for hydroxylation is 1. The van der Waals surface area contributed by atoms with Gasteiger partial charge < -0.3 is 10.3 Å². The lowest BCUT2D eigenvalue weighted by molar-refractivity contribution is -0.137. The smallest absolute Gasteiger partial charge is 0.359 e. The summed E-state index contributed by atoms with van der Waals surface area (Å²) in [6.45, 7) is 0. The topological polar surface area (TPSA) is 62.7 Å². The first-order chi connectivity index (χ1) is 16.3. The van der Waals surface area contributed by atoms with Gasteiger partial charge in [0, 0.05) is 41.5 Å². The van der Waals surface area contributed by atoms with E-state index in [9.17, 15) is 18.0 Å². The number of aromatic amines is 1. The first-order valence-electron chi connectivity index (χ1n) is 10.5. The van der Waals surface area contributed by atoms with Crippen LogP contribution in [0.15, 0.2) is 85.2 Å². The molecule has 0 fully saturated rings. The molecule has 0 radical (unpaired) electrons. The molecule has 2 heterocycles. The van der Waals surface area contributed by atoms with Crippen molar-refractivity contribution in [1.82, 2.24) is 14.8 Å². The highest BCUT2D eigenvalue weighted by Gasteiger charge is 2.34. The largest absolute Gasteiger partial charge is 0.417 e. The summed E-state index contributed by atoms with van der Waals surface area (Å²) < 4.78 is 42.4. The van der Waals surface area contributed by atoms with E-state index in [0.717, 1.165) is 28.1 Å². The summed E-state index contributed by atoms with van der Waals surface area (Å²) >= 11 is 0. The van der Waals surface area contributed by atoms with Gasteiger partial charge in [-0.05, 0) is 35.9 Å². The molecule has 5 aromatic rings. The number of benzene rings is 3. The van der Waals surface area contributed by atoms with Gasteiger partial charge in [-0.25, -0.2) is 0 Å². The fourth-order valence-corrected chi connectivity index (χ4v) is 4.01. The van der Waals surface area contributed by atoms with Crippen molar-refractivity contribution < 1.29 is 18.0 Å². The molecule has 0 bridgehead atoms. The third kappa shape index (κ3) is 3.94. The van der Waals surface area contributed by atoms with Crippen molar-refractivity contribution in [3.63, 3.8) is 0 Å². The number of halogens is 3. The lowest BCUT2D eigenvalue weighted by Gasteiger charge is -2.15. The Morgan fingerprint density at radius 1 is 0.971 bits per heavy atom. The minimum absolute atomic E-state index is 0.0937. The van der Waals surface area contributed by atoms with E-state index < -0.39 is 17.6 Å². The van der Waals surface area contributed by atoms with Gasteiger partial charge in [0.1, 0.15) is 0 Å². The number of H-pyrrole nitrogens is 1. The van der Waals surface area contributed by atoms with E-state index in [0.29, 0.717) is 5.69 Å². The predicted octanol–water partition coefficient (Wildman–Crippen LogP) is 6.51.